The molecule has 0 aliphatic heterocycles. The normalized spacial score (nSPS) is 10.9. The van der Waals surface area contributed by atoms with Crippen molar-refractivity contribution in [2.45, 2.75) is 26.8 Å². The number of aromatic nitrogens is 3. The summed E-state index contributed by atoms with van der Waals surface area (Å²) in [4.78, 5) is 4.19. The number of nitrogens with zero attached hydrogens (tertiary/aromatic N) is 3. The van der Waals surface area contributed by atoms with Gasteiger partial charge in [0.15, 0.2) is 0 Å². The molecule has 90 valence electrons. The standard InChI is InChI=1S/C10H18N4OS/c1-8(2)3-5-15-6-4-14-7-12-10(13-14)9(11)16/h7-8H,3-6H2,1-2H3,(H2,11,16). The van der Waals surface area contributed by atoms with Gasteiger partial charge in [-0.3, -0.25) is 0 Å². The molecule has 2 N–H and O–H groups in total. The van der Waals surface area contributed by atoms with Gasteiger partial charge in [0.05, 0.1) is 13.2 Å². The lowest BCUT2D eigenvalue weighted by Crippen LogP contribution is -2.13. The van der Waals surface area contributed by atoms with Crippen molar-refractivity contribution in [1.82, 2.24) is 14.8 Å². The predicted molar refractivity (Wildman–Crippen MR) is 66.2 cm³/mol. The van der Waals surface area contributed by atoms with Gasteiger partial charge in [0.25, 0.3) is 0 Å². The molecule has 6 heteroatoms. The van der Waals surface area contributed by atoms with Crippen LogP contribution in [-0.2, 0) is 11.3 Å². The van der Waals surface area contributed by atoms with E-state index in [-0.39, 0.29) is 4.99 Å². The molecule has 1 aromatic heterocycles. The van der Waals surface area contributed by atoms with Gasteiger partial charge in [0.2, 0.25) is 5.82 Å². The average molecular weight is 242 g/mol. The van der Waals surface area contributed by atoms with Gasteiger partial charge >= 0.3 is 0 Å². The molecule has 0 saturated carbocycles. The minimum atomic E-state index is 0.222. The third kappa shape index (κ3) is 4.67. The first-order valence-corrected chi connectivity index (χ1v) is 5.77. The number of rotatable bonds is 7. The molecular weight excluding hydrogens is 224 g/mol. The van der Waals surface area contributed by atoms with Gasteiger partial charge in [-0.2, -0.15) is 0 Å². The lowest BCUT2D eigenvalue weighted by Gasteiger charge is -2.05. The van der Waals surface area contributed by atoms with Gasteiger partial charge in [-0.15, -0.1) is 5.10 Å². The summed E-state index contributed by atoms with van der Waals surface area (Å²) in [5.41, 5.74) is 5.40. The summed E-state index contributed by atoms with van der Waals surface area (Å²) in [6.07, 6.45) is 2.69. The molecule has 5 nitrogen and oxygen atoms in total. The van der Waals surface area contributed by atoms with Gasteiger partial charge < -0.3 is 10.5 Å². The van der Waals surface area contributed by atoms with Gasteiger partial charge in [0.1, 0.15) is 11.3 Å². The highest BCUT2D eigenvalue weighted by Crippen LogP contribution is 1.99. The summed E-state index contributed by atoms with van der Waals surface area (Å²) >= 11 is 4.77. The number of ether oxygens (including phenoxy) is 1. The molecule has 0 fully saturated rings. The average Bonchev–Trinajstić information content (AvgIpc) is 2.65. The number of hydrogen-bond acceptors (Lipinski definition) is 4. The van der Waals surface area contributed by atoms with Crippen LogP contribution >= 0.6 is 12.2 Å². The quantitative estimate of drug-likeness (QED) is 0.570. The minimum absolute atomic E-state index is 0.222. The van der Waals surface area contributed by atoms with Gasteiger partial charge in [-0.1, -0.05) is 26.1 Å². The van der Waals surface area contributed by atoms with Crippen LogP contribution in [0.4, 0.5) is 0 Å². The van der Waals surface area contributed by atoms with Crippen molar-refractivity contribution in [2.75, 3.05) is 13.2 Å². The van der Waals surface area contributed by atoms with Crippen LogP contribution in [0.1, 0.15) is 26.1 Å². The molecule has 1 aromatic rings. The molecule has 0 bridgehead atoms. The van der Waals surface area contributed by atoms with E-state index in [0.717, 1.165) is 13.0 Å². The Morgan fingerprint density at radius 1 is 1.56 bits per heavy atom. The van der Waals surface area contributed by atoms with Gasteiger partial charge in [0, 0.05) is 6.61 Å². The van der Waals surface area contributed by atoms with Crippen LogP contribution in [0.5, 0.6) is 0 Å². The molecule has 0 aliphatic rings. The van der Waals surface area contributed by atoms with E-state index >= 15 is 0 Å². The molecule has 0 saturated heterocycles. The molecule has 0 unspecified atom stereocenters. The zero-order valence-corrected chi connectivity index (χ0v) is 10.5. The van der Waals surface area contributed by atoms with E-state index in [1.165, 1.54) is 0 Å². The summed E-state index contributed by atoms with van der Waals surface area (Å²) in [6, 6.07) is 0. The van der Waals surface area contributed by atoms with Crippen molar-refractivity contribution in [3.63, 3.8) is 0 Å². The van der Waals surface area contributed by atoms with Gasteiger partial charge in [-0.25, -0.2) is 9.67 Å². The van der Waals surface area contributed by atoms with E-state index in [4.69, 9.17) is 22.7 Å². The first-order chi connectivity index (χ1) is 7.59. The lowest BCUT2D eigenvalue weighted by molar-refractivity contribution is 0.114. The Hall–Kier alpha value is -1.01. The molecule has 0 spiro atoms. The van der Waals surface area contributed by atoms with Crippen LogP contribution in [-0.4, -0.2) is 33.0 Å². The van der Waals surface area contributed by atoms with E-state index in [9.17, 15) is 0 Å². The maximum absolute atomic E-state index is 5.47. The highest BCUT2D eigenvalue weighted by Gasteiger charge is 2.02. The number of hydrogen-bond donors (Lipinski definition) is 1. The SMILES string of the molecule is CC(C)CCOCCn1cnc(C(N)=S)n1. The van der Waals surface area contributed by atoms with E-state index in [1.807, 2.05) is 0 Å². The molecule has 0 aliphatic carbocycles. The third-order valence-corrected chi connectivity index (χ3v) is 2.24. The molecule has 0 amide bonds. The van der Waals surface area contributed by atoms with Crippen molar-refractivity contribution in [3.05, 3.63) is 12.2 Å². The lowest BCUT2D eigenvalue weighted by atomic mass is 10.1. The maximum atomic E-state index is 5.47. The molecule has 16 heavy (non-hydrogen) atoms. The summed E-state index contributed by atoms with van der Waals surface area (Å²) in [5.74, 6) is 1.09. The smallest absolute Gasteiger partial charge is 0.208 e. The Labute approximate surface area is 101 Å². The minimum Gasteiger partial charge on any atom is -0.387 e. The molecule has 1 heterocycles. The summed E-state index contributed by atoms with van der Waals surface area (Å²) in [6.45, 7) is 6.44. The summed E-state index contributed by atoms with van der Waals surface area (Å²) < 4.78 is 7.15. The van der Waals surface area contributed by atoms with Crippen LogP contribution in [0, 0.1) is 5.92 Å². The summed E-state index contributed by atoms with van der Waals surface area (Å²) in [7, 11) is 0. The van der Waals surface area contributed by atoms with Crippen molar-refractivity contribution in [2.24, 2.45) is 11.7 Å². The summed E-state index contributed by atoms with van der Waals surface area (Å²) in [5, 5.41) is 4.10. The predicted octanol–water partition coefficient (Wildman–Crippen LogP) is 0.975. The van der Waals surface area contributed by atoms with Crippen molar-refractivity contribution in [1.29, 1.82) is 0 Å². The van der Waals surface area contributed by atoms with E-state index in [1.54, 1.807) is 11.0 Å². The first kappa shape index (κ1) is 13.1. The van der Waals surface area contributed by atoms with Crippen LogP contribution in [0.15, 0.2) is 6.33 Å². The fraction of sp³-hybridized carbons (Fsp3) is 0.700. The second-order valence-corrected chi connectivity index (χ2v) is 4.43. The Morgan fingerprint density at radius 2 is 2.31 bits per heavy atom. The zero-order valence-electron chi connectivity index (χ0n) is 9.72. The Balaban J connectivity index is 2.19. The van der Waals surface area contributed by atoms with Crippen LogP contribution in [0.3, 0.4) is 0 Å². The fourth-order valence-electron chi connectivity index (χ4n) is 1.09. The Bertz CT molecular complexity index is 337. The fourth-order valence-corrected chi connectivity index (χ4v) is 1.19. The largest absolute Gasteiger partial charge is 0.387 e. The highest BCUT2D eigenvalue weighted by molar-refractivity contribution is 7.80. The molecule has 0 radical (unpaired) electrons. The Morgan fingerprint density at radius 3 is 2.88 bits per heavy atom. The first-order valence-electron chi connectivity index (χ1n) is 5.36. The van der Waals surface area contributed by atoms with Crippen molar-refractivity contribution in [3.8, 4) is 0 Å². The molecular formula is C10H18N4OS. The van der Waals surface area contributed by atoms with Gasteiger partial charge in [-0.05, 0) is 12.3 Å². The van der Waals surface area contributed by atoms with Crippen LogP contribution in [0.25, 0.3) is 0 Å². The topological polar surface area (TPSA) is 66.0 Å². The maximum Gasteiger partial charge on any atom is 0.208 e. The van der Waals surface area contributed by atoms with E-state index < -0.39 is 0 Å². The highest BCUT2D eigenvalue weighted by atomic mass is 32.1. The Kier molecular flexibility index (Phi) is 5.34. The second-order valence-electron chi connectivity index (χ2n) is 3.99. The van der Waals surface area contributed by atoms with Crippen molar-refractivity contribution < 1.29 is 4.74 Å². The monoisotopic (exact) mass is 242 g/mol. The van der Waals surface area contributed by atoms with Crippen molar-refractivity contribution >= 4 is 17.2 Å². The number of thiocarbonyl (C=S) groups is 1. The second kappa shape index (κ2) is 6.55. The van der Waals surface area contributed by atoms with E-state index in [2.05, 4.69) is 23.9 Å². The molecule has 0 aromatic carbocycles. The number of nitrogens with two attached hydrogens (primary N) is 1. The molecule has 0 atom stereocenters. The third-order valence-electron chi connectivity index (χ3n) is 2.06. The molecule has 1 rings (SSSR count). The zero-order chi connectivity index (χ0) is 12.0. The van der Waals surface area contributed by atoms with Crippen LogP contribution < -0.4 is 5.73 Å². The van der Waals surface area contributed by atoms with Crippen LogP contribution in [0.2, 0.25) is 0 Å². The van der Waals surface area contributed by atoms with E-state index in [0.29, 0.717) is 24.9 Å².